The summed E-state index contributed by atoms with van der Waals surface area (Å²) in [6, 6.07) is 5.08. The number of nitrogens with zero attached hydrogens (tertiary/aromatic N) is 2. The summed E-state index contributed by atoms with van der Waals surface area (Å²) in [5.74, 6) is -1.22. The van der Waals surface area contributed by atoms with E-state index in [0.717, 1.165) is 0 Å². The molecule has 0 radical (unpaired) electrons. The smallest absolute Gasteiger partial charge is 0.306 e. The summed E-state index contributed by atoms with van der Waals surface area (Å²) in [7, 11) is 1.30. The molecule has 1 atom stereocenters. The van der Waals surface area contributed by atoms with Crippen LogP contribution in [0.5, 0.6) is 5.88 Å². The van der Waals surface area contributed by atoms with Gasteiger partial charge in [0.2, 0.25) is 5.88 Å². The first-order valence-corrected chi connectivity index (χ1v) is 6.72. The Morgan fingerprint density at radius 2 is 2.14 bits per heavy atom. The summed E-state index contributed by atoms with van der Waals surface area (Å²) in [5.41, 5.74) is 0.157. The summed E-state index contributed by atoms with van der Waals surface area (Å²) in [6.07, 6.45) is 1.61. The maximum absolute atomic E-state index is 12.6. The molecule has 2 aromatic rings. The SMILES string of the molecule is COC(=O)C[C@@H](c1c(O)nc2ccccn2c1=O)C(C)C. The van der Waals surface area contributed by atoms with Crippen molar-refractivity contribution in [3.63, 3.8) is 0 Å². The van der Waals surface area contributed by atoms with Gasteiger partial charge in [-0.1, -0.05) is 19.9 Å². The van der Waals surface area contributed by atoms with Crippen LogP contribution in [0.1, 0.15) is 31.7 Å². The second-order valence-electron chi connectivity index (χ2n) is 5.21. The first-order valence-electron chi connectivity index (χ1n) is 6.72. The van der Waals surface area contributed by atoms with Crippen LogP contribution in [0.25, 0.3) is 5.65 Å². The van der Waals surface area contributed by atoms with Gasteiger partial charge in [-0.2, -0.15) is 4.98 Å². The van der Waals surface area contributed by atoms with Crippen LogP contribution in [0.15, 0.2) is 29.2 Å². The zero-order valence-corrected chi connectivity index (χ0v) is 12.2. The number of hydrogen-bond donors (Lipinski definition) is 1. The number of ether oxygens (including phenoxy) is 1. The molecule has 0 aromatic carbocycles. The molecule has 0 saturated heterocycles. The van der Waals surface area contributed by atoms with Crippen LogP contribution in [-0.4, -0.2) is 27.6 Å². The molecular weight excluding hydrogens is 272 g/mol. The monoisotopic (exact) mass is 290 g/mol. The highest BCUT2D eigenvalue weighted by atomic mass is 16.5. The van der Waals surface area contributed by atoms with E-state index in [1.165, 1.54) is 11.5 Å². The zero-order valence-electron chi connectivity index (χ0n) is 12.2. The maximum atomic E-state index is 12.6. The molecule has 0 amide bonds. The van der Waals surface area contributed by atoms with Crippen LogP contribution in [0, 0.1) is 5.92 Å². The molecular formula is C15H18N2O4. The van der Waals surface area contributed by atoms with E-state index < -0.39 is 11.9 Å². The van der Waals surface area contributed by atoms with E-state index in [9.17, 15) is 14.7 Å². The van der Waals surface area contributed by atoms with Crippen molar-refractivity contribution >= 4 is 11.6 Å². The topological polar surface area (TPSA) is 80.9 Å². The molecule has 2 aromatic heterocycles. The lowest BCUT2D eigenvalue weighted by atomic mass is 9.86. The van der Waals surface area contributed by atoms with Crippen LogP contribution in [-0.2, 0) is 9.53 Å². The third-order valence-electron chi connectivity index (χ3n) is 3.54. The number of carbonyl (C=O) groups excluding carboxylic acids is 1. The summed E-state index contributed by atoms with van der Waals surface area (Å²) in [5, 5.41) is 10.1. The van der Waals surface area contributed by atoms with Crippen molar-refractivity contribution in [3.05, 3.63) is 40.3 Å². The Hall–Kier alpha value is -2.37. The summed E-state index contributed by atoms with van der Waals surface area (Å²) in [4.78, 5) is 28.2. The lowest BCUT2D eigenvalue weighted by molar-refractivity contribution is -0.141. The minimum absolute atomic E-state index is 0.0220. The molecule has 0 aliphatic carbocycles. The fraction of sp³-hybridized carbons (Fsp3) is 0.400. The fourth-order valence-corrected chi connectivity index (χ4v) is 2.35. The number of methoxy groups -OCH3 is 1. The Balaban J connectivity index is 2.62. The summed E-state index contributed by atoms with van der Waals surface area (Å²) < 4.78 is 6.03. The molecule has 6 heteroatoms. The highest BCUT2D eigenvalue weighted by Crippen LogP contribution is 2.30. The van der Waals surface area contributed by atoms with Crippen molar-refractivity contribution in [2.75, 3.05) is 7.11 Å². The van der Waals surface area contributed by atoms with Gasteiger partial charge in [-0.3, -0.25) is 14.0 Å². The van der Waals surface area contributed by atoms with Gasteiger partial charge in [0, 0.05) is 12.1 Å². The van der Waals surface area contributed by atoms with Gasteiger partial charge in [0.05, 0.1) is 19.1 Å². The van der Waals surface area contributed by atoms with E-state index in [1.54, 1.807) is 24.4 Å². The second kappa shape index (κ2) is 5.95. The number of carbonyl (C=O) groups is 1. The number of rotatable bonds is 4. The van der Waals surface area contributed by atoms with Crippen molar-refractivity contribution in [3.8, 4) is 5.88 Å². The number of aromatic nitrogens is 2. The van der Waals surface area contributed by atoms with E-state index in [4.69, 9.17) is 0 Å². The molecule has 6 nitrogen and oxygen atoms in total. The van der Waals surface area contributed by atoms with Crippen molar-refractivity contribution in [1.82, 2.24) is 9.38 Å². The van der Waals surface area contributed by atoms with Gasteiger partial charge in [0.1, 0.15) is 5.65 Å². The van der Waals surface area contributed by atoms with Gasteiger partial charge >= 0.3 is 5.97 Å². The molecule has 0 saturated carbocycles. The van der Waals surface area contributed by atoms with Crippen molar-refractivity contribution in [2.45, 2.75) is 26.2 Å². The minimum atomic E-state index is -0.449. The van der Waals surface area contributed by atoms with Crippen LogP contribution in [0.3, 0.4) is 0 Å². The molecule has 0 fully saturated rings. The molecule has 1 N–H and O–H groups in total. The van der Waals surface area contributed by atoms with Crippen molar-refractivity contribution in [2.24, 2.45) is 5.92 Å². The summed E-state index contributed by atoms with van der Waals surface area (Å²) >= 11 is 0. The van der Waals surface area contributed by atoms with Crippen LogP contribution < -0.4 is 5.56 Å². The molecule has 0 aliphatic rings. The quantitative estimate of drug-likeness (QED) is 0.867. The van der Waals surface area contributed by atoms with E-state index in [2.05, 4.69) is 9.72 Å². The lowest BCUT2D eigenvalue weighted by Crippen LogP contribution is -2.26. The molecule has 0 bridgehead atoms. The van der Waals surface area contributed by atoms with E-state index in [-0.39, 0.29) is 29.3 Å². The predicted octanol–water partition coefficient (Wildman–Crippen LogP) is 1.70. The van der Waals surface area contributed by atoms with Crippen LogP contribution in [0.4, 0.5) is 0 Å². The average Bonchev–Trinajstić information content (AvgIpc) is 2.45. The normalized spacial score (nSPS) is 12.6. The predicted molar refractivity (Wildman–Crippen MR) is 77.3 cm³/mol. The highest BCUT2D eigenvalue weighted by molar-refractivity contribution is 5.70. The molecule has 0 spiro atoms. The molecule has 112 valence electrons. The van der Waals surface area contributed by atoms with Crippen LogP contribution >= 0.6 is 0 Å². The highest BCUT2D eigenvalue weighted by Gasteiger charge is 2.27. The standard InChI is InChI=1S/C15H18N2O4/c1-9(2)10(8-12(18)21-3)13-14(19)16-11-6-4-5-7-17(11)15(13)20/h4-7,9-10,19H,8H2,1-3H3/t10-/m1/s1. The van der Waals surface area contributed by atoms with Gasteiger partial charge in [-0.25, -0.2) is 0 Å². The van der Waals surface area contributed by atoms with Crippen LogP contribution in [0.2, 0.25) is 0 Å². The molecule has 2 rings (SSSR count). The average molecular weight is 290 g/mol. The Bertz CT molecular complexity index is 721. The Labute approximate surface area is 122 Å². The Morgan fingerprint density at radius 3 is 2.76 bits per heavy atom. The number of pyridine rings is 1. The fourth-order valence-electron chi connectivity index (χ4n) is 2.35. The number of esters is 1. The molecule has 21 heavy (non-hydrogen) atoms. The first-order chi connectivity index (χ1) is 9.95. The zero-order chi connectivity index (χ0) is 15.6. The molecule has 0 aliphatic heterocycles. The minimum Gasteiger partial charge on any atom is -0.493 e. The number of hydrogen-bond acceptors (Lipinski definition) is 5. The number of fused-ring (bicyclic) bond motifs is 1. The maximum Gasteiger partial charge on any atom is 0.306 e. The van der Waals surface area contributed by atoms with Crippen molar-refractivity contribution < 1.29 is 14.6 Å². The Morgan fingerprint density at radius 1 is 1.43 bits per heavy atom. The van der Waals surface area contributed by atoms with Crippen molar-refractivity contribution in [1.29, 1.82) is 0 Å². The van der Waals surface area contributed by atoms with Gasteiger partial charge in [-0.05, 0) is 18.1 Å². The number of aromatic hydroxyl groups is 1. The third kappa shape index (κ3) is 2.89. The van der Waals surface area contributed by atoms with Gasteiger partial charge in [0.15, 0.2) is 0 Å². The molecule has 0 unspecified atom stereocenters. The largest absolute Gasteiger partial charge is 0.493 e. The van der Waals surface area contributed by atoms with Gasteiger partial charge < -0.3 is 9.84 Å². The third-order valence-corrected chi connectivity index (χ3v) is 3.54. The van der Waals surface area contributed by atoms with E-state index >= 15 is 0 Å². The van der Waals surface area contributed by atoms with Gasteiger partial charge in [0.25, 0.3) is 5.56 Å². The Kier molecular flexibility index (Phi) is 4.26. The summed E-state index contributed by atoms with van der Waals surface area (Å²) in [6.45, 7) is 3.76. The van der Waals surface area contributed by atoms with E-state index in [0.29, 0.717) is 5.65 Å². The second-order valence-corrected chi connectivity index (χ2v) is 5.21. The lowest BCUT2D eigenvalue weighted by Gasteiger charge is -2.20. The molecule has 2 heterocycles. The first kappa shape index (κ1) is 15.0. The van der Waals surface area contributed by atoms with E-state index in [1.807, 2.05) is 13.8 Å². The van der Waals surface area contributed by atoms with Gasteiger partial charge in [-0.15, -0.1) is 0 Å².